The van der Waals surface area contributed by atoms with Crippen LogP contribution in [0.15, 0.2) is 18.2 Å². The summed E-state index contributed by atoms with van der Waals surface area (Å²) in [6.45, 7) is 0.715. The summed E-state index contributed by atoms with van der Waals surface area (Å²) in [5, 5.41) is 1.27. The van der Waals surface area contributed by atoms with Crippen LogP contribution >= 0.6 is 23.2 Å². The first-order valence-electron chi connectivity index (χ1n) is 5.75. The first-order valence-corrected chi connectivity index (χ1v) is 6.51. The molecule has 3 rings (SSSR count). The number of hydrogen-bond donors (Lipinski definition) is 1. The van der Waals surface area contributed by atoms with E-state index in [9.17, 15) is 0 Å². The second-order valence-electron chi connectivity index (χ2n) is 5.47. The zero-order chi connectivity index (χ0) is 11.4. The summed E-state index contributed by atoms with van der Waals surface area (Å²) in [4.78, 5) is 0. The van der Waals surface area contributed by atoms with Crippen molar-refractivity contribution < 1.29 is 0 Å². The molecular weight excluding hydrogens is 241 g/mol. The number of halogens is 2. The van der Waals surface area contributed by atoms with Crippen LogP contribution in [0, 0.1) is 5.41 Å². The van der Waals surface area contributed by atoms with E-state index < -0.39 is 0 Å². The van der Waals surface area contributed by atoms with E-state index in [0.29, 0.717) is 22.0 Å². The maximum Gasteiger partial charge on any atom is 0.0595 e. The van der Waals surface area contributed by atoms with Crippen molar-refractivity contribution in [3.8, 4) is 0 Å². The van der Waals surface area contributed by atoms with Gasteiger partial charge in [0.25, 0.3) is 0 Å². The lowest BCUT2D eigenvalue weighted by atomic mass is 9.56. The van der Waals surface area contributed by atoms with Gasteiger partial charge in [0, 0.05) is 12.0 Å². The Hall–Kier alpha value is -0.240. The molecule has 3 heteroatoms. The van der Waals surface area contributed by atoms with Crippen molar-refractivity contribution in [1.82, 2.24) is 0 Å². The van der Waals surface area contributed by atoms with Crippen LogP contribution in [0.25, 0.3) is 0 Å². The fourth-order valence-electron chi connectivity index (χ4n) is 3.21. The Morgan fingerprint density at radius 1 is 1.12 bits per heavy atom. The normalized spacial score (nSPS) is 24.2. The van der Waals surface area contributed by atoms with Gasteiger partial charge in [-0.05, 0) is 48.8 Å². The van der Waals surface area contributed by atoms with E-state index in [1.807, 2.05) is 12.1 Å². The van der Waals surface area contributed by atoms with Crippen LogP contribution in [-0.4, -0.2) is 6.54 Å². The first-order chi connectivity index (χ1) is 7.59. The minimum absolute atomic E-state index is 0.171. The SMILES string of the molecule is NCC1(c2ccc(Cl)c(Cl)c2)CC2(CC2)C1. The molecule has 0 atom stereocenters. The standard InChI is InChI=1S/C13H15Cl2N/c14-10-2-1-9(5-11(10)15)13(8-16)6-12(7-13)3-4-12/h1-2,5H,3-4,6-8,16H2. The average molecular weight is 256 g/mol. The van der Waals surface area contributed by atoms with Crippen molar-refractivity contribution in [2.24, 2.45) is 11.1 Å². The van der Waals surface area contributed by atoms with Gasteiger partial charge in [0.2, 0.25) is 0 Å². The summed E-state index contributed by atoms with van der Waals surface area (Å²) in [6.07, 6.45) is 5.23. The highest BCUT2D eigenvalue weighted by Crippen LogP contribution is 2.68. The molecule has 0 aliphatic heterocycles. The fourth-order valence-corrected chi connectivity index (χ4v) is 3.50. The molecule has 0 heterocycles. The number of rotatable bonds is 2. The molecule has 2 fully saturated rings. The van der Waals surface area contributed by atoms with Gasteiger partial charge in [-0.25, -0.2) is 0 Å². The molecule has 1 spiro atoms. The van der Waals surface area contributed by atoms with Crippen LogP contribution < -0.4 is 5.73 Å². The van der Waals surface area contributed by atoms with Crippen LogP contribution in [-0.2, 0) is 5.41 Å². The van der Waals surface area contributed by atoms with Gasteiger partial charge in [-0.2, -0.15) is 0 Å². The second kappa shape index (κ2) is 3.38. The molecule has 0 amide bonds. The minimum atomic E-state index is 0.171. The number of nitrogens with two attached hydrogens (primary N) is 1. The summed E-state index contributed by atoms with van der Waals surface area (Å²) < 4.78 is 0. The monoisotopic (exact) mass is 255 g/mol. The molecule has 86 valence electrons. The van der Waals surface area contributed by atoms with Crippen molar-refractivity contribution in [2.45, 2.75) is 31.1 Å². The third-order valence-corrected chi connectivity index (χ3v) is 5.05. The van der Waals surface area contributed by atoms with E-state index in [0.717, 1.165) is 0 Å². The third kappa shape index (κ3) is 1.49. The predicted octanol–water partition coefficient (Wildman–Crippen LogP) is 3.76. The zero-order valence-electron chi connectivity index (χ0n) is 9.10. The van der Waals surface area contributed by atoms with E-state index >= 15 is 0 Å². The Morgan fingerprint density at radius 3 is 2.31 bits per heavy atom. The third-order valence-electron chi connectivity index (χ3n) is 4.31. The van der Waals surface area contributed by atoms with Gasteiger partial charge in [0.05, 0.1) is 10.0 Å². The van der Waals surface area contributed by atoms with Gasteiger partial charge < -0.3 is 5.73 Å². The highest BCUT2D eigenvalue weighted by molar-refractivity contribution is 6.42. The Bertz CT molecular complexity index is 430. The lowest BCUT2D eigenvalue weighted by molar-refractivity contribution is 0.126. The van der Waals surface area contributed by atoms with Crippen LogP contribution in [0.2, 0.25) is 10.0 Å². The highest BCUT2D eigenvalue weighted by atomic mass is 35.5. The fraction of sp³-hybridized carbons (Fsp3) is 0.538. The average Bonchev–Trinajstić information content (AvgIpc) is 2.99. The molecule has 2 aliphatic rings. The summed E-state index contributed by atoms with van der Waals surface area (Å²) in [7, 11) is 0. The van der Waals surface area contributed by atoms with E-state index in [1.54, 1.807) is 0 Å². The topological polar surface area (TPSA) is 26.0 Å². The maximum atomic E-state index is 6.07. The van der Waals surface area contributed by atoms with Gasteiger partial charge in [-0.15, -0.1) is 0 Å². The molecule has 16 heavy (non-hydrogen) atoms. The van der Waals surface area contributed by atoms with Crippen molar-refractivity contribution in [1.29, 1.82) is 0 Å². The predicted molar refractivity (Wildman–Crippen MR) is 68.1 cm³/mol. The lowest BCUT2D eigenvalue weighted by Crippen LogP contribution is -2.48. The van der Waals surface area contributed by atoms with Crippen LogP contribution in [0.4, 0.5) is 0 Å². The Morgan fingerprint density at radius 2 is 1.81 bits per heavy atom. The van der Waals surface area contributed by atoms with Crippen molar-refractivity contribution >= 4 is 23.2 Å². The summed E-state index contributed by atoms with van der Waals surface area (Å²) >= 11 is 12.0. The summed E-state index contributed by atoms with van der Waals surface area (Å²) in [6, 6.07) is 5.96. The van der Waals surface area contributed by atoms with Crippen molar-refractivity contribution in [2.75, 3.05) is 6.54 Å². The van der Waals surface area contributed by atoms with Gasteiger partial charge in [-0.1, -0.05) is 29.3 Å². The Balaban J connectivity index is 1.92. The zero-order valence-corrected chi connectivity index (χ0v) is 10.6. The molecular formula is C13H15Cl2N. The molecule has 1 aromatic rings. The molecule has 0 bridgehead atoms. The summed E-state index contributed by atoms with van der Waals surface area (Å²) in [5.74, 6) is 0. The molecule has 0 saturated heterocycles. The Kier molecular flexibility index (Phi) is 2.30. The van der Waals surface area contributed by atoms with Crippen molar-refractivity contribution in [3.05, 3.63) is 33.8 Å². The van der Waals surface area contributed by atoms with Gasteiger partial charge in [-0.3, -0.25) is 0 Å². The molecule has 0 aromatic heterocycles. The van der Waals surface area contributed by atoms with Gasteiger partial charge in [0.1, 0.15) is 0 Å². The Labute approximate surface area is 106 Å². The number of hydrogen-bond acceptors (Lipinski definition) is 1. The molecule has 1 nitrogen and oxygen atoms in total. The van der Waals surface area contributed by atoms with E-state index in [1.165, 1.54) is 31.2 Å². The van der Waals surface area contributed by atoms with E-state index in [-0.39, 0.29) is 5.41 Å². The molecule has 0 radical (unpaired) electrons. The van der Waals surface area contributed by atoms with E-state index in [4.69, 9.17) is 28.9 Å². The highest BCUT2D eigenvalue weighted by Gasteiger charge is 2.60. The second-order valence-corrected chi connectivity index (χ2v) is 6.28. The van der Waals surface area contributed by atoms with Crippen molar-refractivity contribution in [3.63, 3.8) is 0 Å². The quantitative estimate of drug-likeness (QED) is 0.856. The van der Waals surface area contributed by atoms with Crippen LogP contribution in [0.5, 0.6) is 0 Å². The molecule has 2 saturated carbocycles. The maximum absolute atomic E-state index is 6.07. The molecule has 2 N–H and O–H groups in total. The molecule has 2 aliphatic carbocycles. The van der Waals surface area contributed by atoms with Crippen LogP contribution in [0.1, 0.15) is 31.2 Å². The smallest absolute Gasteiger partial charge is 0.0595 e. The van der Waals surface area contributed by atoms with Gasteiger partial charge >= 0.3 is 0 Å². The lowest BCUT2D eigenvalue weighted by Gasteiger charge is -2.49. The van der Waals surface area contributed by atoms with Gasteiger partial charge in [0.15, 0.2) is 0 Å². The molecule has 1 aromatic carbocycles. The van der Waals surface area contributed by atoms with Crippen LogP contribution in [0.3, 0.4) is 0 Å². The first kappa shape index (κ1) is 10.9. The summed E-state index contributed by atoms with van der Waals surface area (Å²) in [5.41, 5.74) is 8.04. The number of benzene rings is 1. The molecule has 0 unspecified atom stereocenters. The van der Waals surface area contributed by atoms with E-state index in [2.05, 4.69) is 6.07 Å². The largest absolute Gasteiger partial charge is 0.330 e. The minimum Gasteiger partial charge on any atom is -0.330 e.